The molecule has 112 valence electrons. The molecule has 0 amide bonds. The van der Waals surface area contributed by atoms with Gasteiger partial charge in [-0.3, -0.25) is 0 Å². The van der Waals surface area contributed by atoms with Crippen molar-refractivity contribution < 1.29 is 23.4 Å². The van der Waals surface area contributed by atoms with Crippen molar-refractivity contribution in [1.29, 1.82) is 0 Å². The molecule has 1 fully saturated rings. The Balaban J connectivity index is 2.18. The van der Waals surface area contributed by atoms with Gasteiger partial charge in [-0.15, -0.1) is 11.3 Å². The molecule has 0 spiro atoms. The molecule has 0 saturated carbocycles. The number of nitrogens with zero attached hydrogens (tertiary/aromatic N) is 1. The Kier molecular flexibility index (Phi) is 4.79. The number of carboxylic acid groups (broad SMARTS) is 1. The van der Waals surface area contributed by atoms with Crippen molar-refractivity contribution in [3.8, 4) is 0 Å². The summed E-state index contributed by atoms with van der Waals surface area (Å²) in [6, 6.07) is 1.21. The lowest BCUT2D eigenvalue weighted by Gasteiger charge is -2.31. The molecular weight excluding hydrogens is 302 g/mol. The number of hydrogen-bond donors (Lipinski definition) is 2. The lowest BCUT2D eigenvalue weighted by molar-refractivity contribution is 0.0702. The summed E-state index contributed by atoms with van der Waals surface area (Å²) in [5.74, 6) is -0.950. The lowest BCUT2D eigenvalue weighted by atomic mass is 9.97. The van der Waals surface area contributed by atoms with E-state index in [1.165, 1.54) is 15.8 Å². The molecule has 2 N–H and O–H groups in total. The first-order valence-electron chi connectivity index (χ1n) is 6.38. The molecule has 0 radical (unpaired) electrons. The molecule has 1 aliphatic rings. The molecule has 1 aromatic rings. The molecule has 1 aromatic heterocycles. The molecule has 1 unspecified atom stereocenters. The maximum absolute atomic E-state index is 12.5. The van der Waals surface area contributed by atoms with Gasteiger partial charge in [0, 0.05) is 25.1 Å². The highest BCUT2D eigenvalue weighted by Crippen LogP contribution is 2.27. The SMILES string of the molecule is O=C(O)c1cc(S(=O)(=O)N2CCCC(CCO)C2)cs1. The average molecular weight is 319 g/mol. The van der Waals surface area contributed by atoms with Crippen LogP contribution in [0.25, 0.3) is 0 Å². The van der Waals surface area contributed by atoms with Crippen molar-refractivity contribution in [2.75, 3.05) is 19.7 Å². The number of aliphatic hydroxyl groups excluding tert-OH is 1. The third-order valence-corrected chi connectivity index (χ3v) is 6.35. The van der Waals surface area contributed by atoms with Gasteiger partial charge in [0.05, 0.1) is 4.90 Å². The zero-order chi connectivity index (χ0) is 14.8. The number of carboxylic acids is 1. The third-order valence-electron chi connectivity index (χ3n) is 3.44. The summed E-state index contributed by atoms with van der Waals surface area (Å²) in [4.78, 5) is 10.9. The fourth-order valence-electron chi connectivity index (χ4n) is 2.38. The highest BCUT2D eigenvalue weighted by atomic mass is 32.2. The van der Waals surface area contributed by atoms with E-state index in [2.05, 4.69) is 0 Å². The van der Waals surface area contributed by atoms with E-state index in [0.29, 0.717) is 19.5 Å². The summed E-state index contributed by atoms with van der Waals surface area (Å²) in [7, 11) is -3.63. The van der Waals surface area contributed by atoms with Crippen molar-refractivity contribution in [1.82, 2.24) is 4.31 Å². The summed E-state index contributed by atoms with van der Waals surface area (Å²) < 4.78 is 26.3. The lowest BCUT2D eigenvalue weighted by Crippen LogP contribution is -2.40. The second-order valence-corrected chi connectivity index (χ2v) is 7.68. The number of sulfonamides is 1. The zero-order valence-electron chi connectivity index (χ0n) is 10.9. The van der Waals surface area contributed by atoms with Crippen LogP contribution in [0, 0.1) is 5.92 Å². The van der Waals surface area contributed by atoms with E-state index in [9.17, 15) is 13.2 Å². The molecule has 2 rings (SSSR count). The molecule has 6 nitrogen and oxygen atoms in total. The predicted octanol–water partition coefficient (Wildman–Crippen LogP) is 1.23. The van der Waals surface area contributed by atoms with Gasteiger partial charge in [0.25, 0.3) is 0 Å². The highest BCUT2D eigenvalue weighted by molar-refractivity contribution is 7.89. The van der Waals surface area contributed by atoms with Crippen LogP contribution in [-0.2, 0) is 10.0 Å². The first-order chi connectivity index (χ1) is 9.45. The normalized spacial score (nSPS) is 20.9. The van der Waals surface area contributed by atoms with E-state index >= 15 is 0 Å². The summed E-state index contributed by atoms with van der Waals surface area (Å²) in [6.45, 7) is 0.893. The van der Waals surface area contributed by atoms with Gasteiger partial charge in [-0.1, -0.05) is 0 Å². The van der Waals surface area contributed by atoms with E-state index < -0.39 is 16.0 Å². The second kappa shape index (κ2) is 6.21. The number of piperidine rings is 1. The molecular formula is C12H17NO5S2. The predicted molar refractivity (Wildman–Crippen MR) is 74.5 cm³/mol. The molecule has 20 heavy (non-hydrogen) atoms. The minimum Gasteiger partial charge on any atom is -0.477 e. The van der Waals surface area contributed by atoms with Gasteiger partial charge in [-0.25, -0.2) is 13.2 Å². The van der Waals surface area contributed by atoms with Crippen LogP contribution >= 0.6 is 11.3 Å². The Bertz CT molecular complexity index is 578. The minimum absolute atomic E-state index is 0.0208. The number of aliphatic hydroxyl groups is 1. The van der Waals surface area contributed by atoms with Crippen LogP contribution < -0.4 is 0 Å². The molecule has 8 heteroatoms. The topological polar surface area (TPSA) is 94.9 Å². The fraction of sp³-hybridized carbons (Fsp3) is 0.583. The largest absolute Gasteiger partial charge is 0.477 e. The van der Waals surface area contributed by atoms with Crippen molar-refractivity contribution in [2.24, 2.45) is 5.92 Å². The standard InChI is InChI=1S/C12H17NO5S2/c14-5-3-9-2-1-4-13(7-9)20(17,18)10-6-11(12(15)16)19-8-10/h6,8-9,14H,1-5,7H2,(H,15,16). The number of thiophene rings is 1. The Morgan fingerprint density at radius 3 is 2.85 bits per heavy atom. The quantitative estimate of drug-likeness (QED) is 0.851. The number of hydrogen-bond acceptors (Lipinski definition) is 5. The fourth-order valence-corrected chi connectivity index (χ4v) is 5.03. The van der Waals surface area contributed by atoms with Crippen LogP contribution in [0.1, 0.15) is 28.9 Å². The monoisotopic (exact) mass is 319 g/mol. The van der Waals surface area contributed by atoms with Gasteiger partial charge in [-0.2, -0.15) is 4.31 Å². The zero-order valence-corrected chi connectivity index (χ0v) is 12.5. The Morgan fingerprint density at radius 1 is 1.50 bits per heavy atom. The molecule has 0 aromatic carbocycles. The summed E-state index contributed by atoms with van der Waals surface area (Å²) >= 11 is 0.914. The van der Waals surface area contributed by atoms with Crippen LogP contribution in [0.3, 0.4) is 0 Å². The Morgan fingerprint density at radius 2 is 2.25 bits per heavy atom. The van der Waals surface area contributed by atoms with Crippen molar-refractivity contribution >= 4 is 27.3 Å². The van der Waals surface area contributed by atoms with E-state index in [1.807, 2.05) is 0 Å². The number of carbonyl (C=O) groups is 1. The van der Waals surface area contributed by atoms with Crippen molar-refractivity contribution in [3.05, 3.63) is 16.3 Å². The molecule has 0 bridgehead atoms. The van der Waals surface area contributed by atoms with E-state index in [-0.39, 0.29) is 22.3 Å². The van der Waals surface area contributed by atoms with Crippen LogP contribution in [0.4, 0.5) is 0 Å². The second-order valence-electron chi connectivity index (χ2n) is 4.84. The first kappa shape index (κ1) is 15.4. The van der Waals surface area contributed by atoms with Gasteiger partial charge < -0.3 is 10.2 Å². The van der Waals surface area contributed by atoms with Gasteiger partial charge in [0.2, 0.25) is 10.0 Å². The summed E-state index contributed by atoms with van der Waals surface area (Å²) in [5.41, 5.74) is 0. The summed E-state index contributed by atoms with van der Waals surface area (Å²) in [6.07, 6.45) is 2.27. The molecule has 1 saturated heterocycles. The molecule has 0 aliphatic carbocycles. The highest BCUT2D eigenvalue weighted by Gasteiger charge is 2.31. The molecule has 1 aliphatic heterocycles. The number of rotatable bonds is 5. The maximum Gasteiger partial charge on any atom is 0.345 e. The van der Waals surface area contributed by atoms with E-state index in [1.54, 1.807) is 0 Å². The van der Waals surface area contributed by atoms with Gasteiger partial charge in [0.1, 0.15) is 4.88 Å². The maximum atomic E-state index is 12.5. The minimum atomic E-state index is -3.63. The van der Waals surface area contributed by atoms with Gasteiger partial charge >= 0.3 is 5.97 Å². The molecule has 1 atom stereocenters. The van der Waals surface area contributed by atoms with E-state index in [0.717, 1.165) is 24.2 Å². The Hall–Kier alpha value is -0.960. The first-order valence-corrected chi connectivity index (χ1v) is 8.70. The van der Waals surface area contributed by atoms with Crippen LogP contribution in [0.5, 0.6) is 0 Å². The van der Waals surface area contributed by atoms with Crippen LogP contribution in [0.2, 0.25) is 0 Å². The van der Waals surface area contributed by atoms with Crippen molar-refractivity contribution in [2.45, 2.75) is 24.2 Å². The van der Waals surface area contributed by atoms with Gasteiger partial charge in [0.15, 0.2) is 0 Å². The smallest absolute Gasteiger partial charge is 0.345 e. The van der Waals surface area contributed by atoms with Gasteiger partial charge in [-0.05, 0) is 31.2 Å². The summed E-state index contributed by atoms with van der Waals surface area (Å²) in [5, 5.41) is 19.2. The molecule has 2 heterocycles. The van der Waals surface area contributed by atoms with E-state index in [4.69, 9.17) is 10.2 Å². The Labute approximate surface area is 121 Å². The third kappa shape index (κ3) is 3.20. The van der Waals surface area contributed by atoms with Crippen LogP contribution in [-0.4, -0.2) is 48.6 Å². The van der Waals surface area contributed by atoms with Crippen LogP contribution in [0.15, 0.2) is 16.3 Å². The average Bonchev–Trinajstić information content (AvgIpc) is 2.90. The van der Waals surface area contributed by atoms with Crippen molar-refractivity contribution in [3.63, 3.8) is 0 Å². The number of aromatic carboxylic acids is 1.